The van der Waals surface area contributed by atoms with Gasteiger partial charge in [-0.15, -0.1) is 5.10 Å². The average molecular weight is 270 g/mol. The van der Waals surface area contributed by atoms with Crippen molar-refractivity contribution in [3.63, 3.8) is 0 Å². The van der Waals surface area contributed by atoms with Crippen molar-refractivity contribution in [1.29, 1.82) is 0 Å². The summed E-state index contributed by atoms with van der Waals surface area (Å²) in [5, 5.41) is 8.01. The third-order valence-corrected chi connectivity index (χ3v) is 3.10. The van der Waals surface area contributed by atoms with E-state index in [0.29, 0.717) is 11.4 Å². The molecule has 0 aliphatic carbocycles. The molecule has 2 aromatic rings. The van der Waals surface area contributed by atoms with Crippen molar-refractivity contribution in [3.8, 4) is 0 Å². The van der Waals surface area contributed by atoms with Crippen molar-refractivity contribution in [3.05, 3.63) is 46.5 Å². The number of rotatable bonds is 4. The standard InChI is InChI=1S/C11H13ClFN5/c1-18-11(6-15-17-18)10(16-14)4-7-2-3-8(13)5-9(7)12/h2-3,5-6,10,16H,4,14H2,1H3. The molecule has 5 nitrogen and oxygen atoms in total. The maximum atomic E-state index is 13.0. The molecule has 1 aromatic carbocycles. The first-order chi connectivity index (χ1) is 8.61. The largest absolute Gasteiger partial charge is 0.271 e. The van der Waals surface area contributed by atoms with Crippen molar-refractivity contribution in [2.45, 2.75) is 12.5 Å². The molecule has 0 amide bonds. The molecule has 0 saturated heterocycles. The maximum absolute atomic E-state index is 13.0. The minimum atomic E-state index is -0.358. The smallest absolute Gasteiger partial charge is 0.124 e. The Kier molecular flexibility index (Phi) is 3.90. The third kappa shape index (κ3) is 2.66. The summed E-state index contributed by atoms with van der Waals surface area (Å²) >= 11 is 5.99. The van der Waals surface area contributed by atoms with Crippen molar-refractivity contribution < 1.29 is 4.39 Å². The molecule has 1 heterocycles. The van der Waals surface area contributed by atoms with Crippen molar-refractivity contribution >= 4 is 11.6 Å². The average Bonchev–Trinajstić information content (AvgIpc) is 2.75. The van der Waals surface area contributed by atoms with Crippen LogP contribution in [0.1, 0.15) is 17.3 Å². The van der Waals surface area contributed by atoms with Crippen LogP contribution in [0, 0.1) is 5.82 Å². The molecular weight excluding hydrogens is 257 g/mol. The molecule has 0 saturated carbocycles. The van der Waals surface area contributed by atoms with Crippen molar-refractivity contribution in [1.82, 2.24) is 20.4 Å². The highest BCUT2D eigenvalue weighted by atomic mass is 35.5. The Morgan fingerprint density at radius 1 is 1.56 bits per heavy atom. The monoisotopic (exact) mass is 269 g/mol. The Morgan fingerprint density at radius 3 is 2.89 bits per heavy atom. The summed E-state index contributed by atoms with van der Waals surface area (Å²) in [6.07, 6.45) is 2.15. The van der Waals surface area contributed by atoms with Crippen LogP contribution in [0.25, 0.3) is 0 Å². The maximum Gasteiger partial charge on any atom is 0.124 e. The van der Waals surface area contributed by atoms with E-state index in [4.69, 9.17) is 17.4 Å². The van der Waals surface area contributed by atoms with Gasteiger partial charge in [-0.25, -0.2) is 4.39 Å². The SMILES string of the molecule is Cn1nncc1C(Cc1ccc(F)cc1Cl)NN. The first-order valence-corrected chi connectivity index (χ1v) is 5.74. The Labute approximate surface area is 109 Å². The van der Waals surface area contributed by atoms with Crippen LogP contribution in [-0.2, 0) is 13.5 Å². The zero-order valence-electron chi connectivity index (χ0n) is 9.77. The van der Waals surface area contributed by atoms with Crippen LogP contribution in [-0.4, -0.2) is 15.0 Å². The number of hydrazine groups is 1. The molecule has 2 rings (SSSR count). The van der Waals surface area contributed by atoms with Crippen LogP contribution >= 0.6 is 11.6 Å². The molecule has 7 heteroatoms. The van der Waals surface area contributed by atoms with Gasteiger partial charge in [-0.1, -0.05) is 22.9 Å². The zero-order chi connectivity index (χ0) is 13.1. The molecule has 1 atom stereocenters. The highest BCUT2D eigenvalue weighted by molar-refractivity contribution is 6.31. The van der Waals surface area contributed by atoms with Gasteiger partial charge in [-0.3, -0.25) is 16.0 Å². The zero-order valence-corrected chi connectivity index (χ0v) is 10.5. The molecule has 0 fully saturated rings. The predicted molar refractivity (Wildman–Crippen MR) is 66.2 cm³/mol. The fraction of sp³-hybridized carbons (Fsp3) is 0.273. The number of aryl methyl sites for hydroxylation is 1. The van der Waals surface area contributed by atoms with E-state index in [9.17, 15) is 4.39 Å². The Bertz CT molecular complexity index is 542. The molecule has 0 bridgehead atoms. The number of halogens is 2. The first kappa shape index (κ1) is 12.9. The van der Waals surface area contributed by atoms with Gasteiger partial charge < -0.3 is 0 Å². The van der Waals surface area contributed by atoms with E-state index in [0.717, 1.165) is 11.3 Å². The molecule has 0 aliphatic heterocycles. The Hall–Kier alpha value is -1.50. The number of benzene rings is 1. The minimum absolute atomic E-state index is 0.187. The molecule has 0 radical (unpaired) electrons. The van der Waals surface area contributed by atoms with Crippen LogP contribution in [0.4, 0.5) is 4.39 Å². The summed E-state index contributed by atoms with van der Waals surface area (Å²) in [5.41, 5.74) is 4.32. The highest BCUT2D eigenvalue weighted by Crippen LogP contribution is 2.23. The van der Waals surface area contributed by atoms with Crippen molar-refractivity contribution in [2.24, 2.45) is 12.9 Å². The van der Waals surface area contributed by atoms with E-state index in [2.05, 4.69) is 15.7 Å². The molecule has 1 aromatic heterocycles. The summed E-state index contributed by atoms with van der Waals surface area (Å²) in [5.74, 6) is 5.17. The van der Waals surface area contributed by atoms with E-state index in [1.165, 1.54) is 12.1 Å². The summed E-state index contributed by atoms with van der Waals surface area (Å²) < 4.78 is 14.6. The molecule has 3 N–H and O–H groups in total. The molecule has 1 unspecified atom stereocenters. The second kappa shape index (κ2) is 5.43. The van der Waals surface area contributed by atoms with Gasteiger partial charge in [0.05, 0.1) is 17.9 Å². The molecular formula is C11H13ClFN5. The molecule has 96 valence electrons. The summed E-state index contributed by atoms with van der Waals surface area (Å²) in [6.45, 7) is 0. The van der Waals surface area contributed by atoms with Gasteiger partial charge in [0, 0.05) is 12.1 Å². The number of hydrogen-bond donors (Lipinski definition) is 2. The van der Waals surface area contributed by atoms with Crippen LogP contribution in [0.15, 0.2) is 24.4 Å². The van der Waals surface area contributed by atoms with Gasteiger partial charge in [-0.2, -0.15) is 0 Å². The van der Waals surface area contributed by atoms with Gasteiger partial charge in [-0.05, 0) is 24.1 Å². The van der Waals surface area contributed by atoms with E-state index in [1.807, 2.05) is 0 Å². The Morgan fingerprint density at radius 2 is 2.33 bits per heavy atom. The lowest BCUT2D eigenvalue weighted by atomic mass is 10.0. The van der Waals surface area contributed by atoms with Crippen LogP contribution < -0.4 is 11.3 Å². The lowest BCUT2D eigenvalue weighted by Gasteiger charge is -2.16. The number of nitrogens with zero attached hydrogens (tertiary/aromatic N) is 3. The predicted octanol–water partition coefficient (Wildman–Crippen LogP) is 1.35. The van der Waals surface area contributed by atoms with Crippen molar-refractivity contribution in [2.75, 3.05) is 0 Å². The van der Waals surface area contributed by atoms with Crippen LogP contribution in [0.2, 0.25) is 5.02 Å². The summed E-state index contributed by atoms with van der Waals surface area (Å²) in [7, 11) is 1.78. The topological polar surface area (TPSA) is 68.8 Å². The van der Waals surface area contributed by atoms with Gasteiger partial charge in [0.1, 0.15) is 5.82 Å². The number of aromatic nitrogens is 3. The number of hydrogen-bond acceptors (Lipinski definition) is 4. The normalized spacial score (nSPS) is 12.7. The van der Waals surface area contributed by atoms with E-state index < -0.39 is 0 Å². The van der Waals surface area contributed by atoms with E-state index in [-0.39, 0.29) is 11.9 Å². The lowest BCUT2D eigenvalue weighted by Crippen LogP contribution is -2.31. The molecule has 0 aliphatic rings. The number of nitrogens with one attached hydrogen (secondary N) is 1. The van der Waals surface area contributed by atoms with Gasteiger partial charge >= 0.3 is 0 Å². The quantitative estimate of drug-likeness (QED) is 0.649. The van der Waals surface area contributed by atoms with E-state index >= 15 is 0 Å². The third-order valence-electron chi connectivity index (χ3n) is 2.75. The summed E-state index contributed by atoms with van der Waals surface area (Å²) in [4.78, 5) is 0. The van der Waals surface area contributed by atoms with Gasteiger partial charge in [0.15, 0.2) is 0 Å². The fourth-order valence-electron chi connectivity index (χ4n) is 1.77. The van der Waals surface area contributed by atoms with Gasteiger partial charge in [0.25, 0.3) is 0 Å². The summed E-state index contributed by atoms with van der Waals surface area (Å²) in [6, 6.07) is 4.11. The number of nitrogens with two attached hydrogens (primary N) is 1. The molecule has 18 heavy (non-hydrogen) atoms. The van der Waals surface area contributed by atoms with Crippen LogP contribution in [0.3, 0.4) is 0 Å². The highest BCUT2D eigenvalue weighted by Gasteiger charge is 2.16. The first-order valence-electron chi connectivity index (χ1n) is 5.36. The second-order valence-corrected chi connectivity index (χ2v) is 4.35. The van der Waals surface area contributed by atoms with Gasteiger partial charge in [0.2, 0.25) is 0 Å². The Balaban J connectivity index is 2.23. The second-order valence-electron chi connectivity index (χ2n) is 3.94. The van der Waals surface area contributed by atoms with E-state index in [1.54, 1.807) is 24.0 Å². The lowest BCUT2D eigenvalue weighted by molar-refractivity contribution is 0.506. The fourth-order valence-corrected chi connectivity index (χ4v) is 2.01. The minimum Gasteiger partial charge on any atom is -0.271 e. The van der Waals surface area contributed by atoms with Crippen LogP contribution in [0.5, 0.6) is 0 Å². The molecule has 0 spiro atoms.